The monoisotopic (exact) mass is 356 g/mol. The highest BCUT2D eigenvalue weighted by atomic mass is 35.5. The lowest BCUT2D eigenvalue weighted by Gasteiger charge is -2.37. The number of hydrogen-bond acceptors (Lipinski definition) is 3. The Balaban J connectivity index is 1.65. The number of alkyl halides is 3. The van der Waals surface area contributed by atoms with E-state index in [0.29, 0.717) is 18.1 Å². The third kappa shape index (κ3) is 3.53. The molecule has 0 amide bonds. The van der Waals surface area contributed by atoms with E-state index in [0.717, 1.165) is 36.6 Å². The van der Waals surface area contributed by atoms with E-state index in [1.807, 2.05) is 0 Å². The summed E-state index contributed by atoms with van der Waals surface area (Å²) in [6.07, 6.45) is -4.31. The van der Waals surface area contributed by atoms with Crippen molar-refractivity contribution < 1.29 is 18.3 Å². The van der Waals surface area contributed by atoms with Crippen molar-refractivity contribution in [3.8, 4) is 5.75 Å². The van der Waals surface area contributed by atoms with Gasteiger partial charge in [0, 0.05) is 37.6 Å². The molecule has 24 heavy (non-hydrogen) atoms. The fraction of sp³-hybridized carbons (Fsp3) is 0.294. The fourth-order valence-electron chi connectivity index (χ4n) is 2.78. The SMILES string of the molecule is Oc1ccc(N2CCN(c3ccc(C(F)(F)F)cc3)CC2)cc1Cl. The van der Waals surface area contributed by atoms with Gasteiger partial charge in [0.2, 0.25) is 0 Å². The number of piperazine rings is 1. The Bertz CT molecular complexity index is 711. The molecule has 1 heterocycles. The van der Waals surface area contributed by atoms with Crippen LogP contribution in [0.25, 0.3) is 0 Å². The number of nitrogens with zero attached hydrogens (tertiary/aromatic N) is 2. The van der Waals surface area contributed by atoms with Crippen molar-refractivity contribution in [2.45, 2.75) is 6.18 Å². The Morgan fingerprint density at radius 2 is 1.33 bits per heavy atom. The third-order valence-electron chi connectivity index (χ3n) is 4.14. The number of anilines is 2. The summed E-state index contributed by atoms with van der Waals surface area (Å²) in [6.45, 7) is 2.85. The molecule has 0 bridgehead atoms. The molecule has 2 aromatic rings. The van der Waals surface area contributed by atoms with Crippen LogP contribution in [0, 0.1) is 0 Å². The Hall–Kier alpha value is -2.08. The first-order valence-electron chi connectivity index (χ1n) is 7.50. The maximum atomic E-state index is 12.6. The molecule has 7 heteroatoms. The lowest BCUT2D eigenvalue weighted by Crippen LogP contribution is -2.46. The van der Waals surface area contributed by atoms with Crippen molar-refractivity contribution in [2.24, 2.45) is 0 Å². The molecule has 0 aliphatic carbocycles. The highest BCUT2D eigenvalue weighted by Crippen LogP contribution is 2.32. The van der Waals surface area contributed by atoms with Crippen molar-refractivity contribution in [1.82, 2.24) is 0 Å². The largest absolute Gasteiger partial charge is 0.506 e. The molecule has 0 atom stereocenters. The average Bonchev–Trinajstić information content (AvgIpc) is 2.57. The number of phenols is 1. The third-order valence-corrected chi connectivity index (χ3v) is 4.44. The minimum absolute atomic E-state index is 0.0452. The zero-order valence-corrected chi connectivity index (χ0v) is 13.5. The summed E-state index contributed by atoms with van der Waals surface area (Å²) in [6, 6.07) is 10.3. The van der Waals surface area contributed by atoms with Crippen LogP contribution in [-0.2, 0) is 6.18 Å². The maximum Gasteiger partial charge on any atom is 0.416 e. The van der Waals surface area contributed by atoms with Crippen molar-refractivity contribution in [3.05, 3.63) is 53.1 Å². The van der Waals surface area contributed by atoms with Gasteiger partial charge in [0.1, 0.15) is 5.75 Å². The van der Waals surface area contributed by atoms with Gasteiger partial charge in [-0.05, 0) is 42.5 Å². The van der Waals surface area contributed by atoms with Crippen molar-refractivity contribution in [2.75, 3.05) is 36.0 Å². The van der Waals surface area contributed by atoms with E-state index in [2.05, 4.69) is 9.80 Å². The molecule has 0 unspecified atom stereocenters. The van der Waals surface area contributed by atoms with E-state index >= 15 is 0 Å². The lowest BCUT2D eigenvalue weighted by molar-refractivity contribution is -0.137. The molecule has 3 nitrogen and oxygen atoms in total. The summed E-state index contributed by atoms with van der Waals surface area (Å²) in [5, 5.41) is 9.78. The summed E-state index contributed by atoms with van der Waals surface area (Å²) in [7, 11) is 0. The first-order valence-corrected chi connectivity index (χ1v) is 7.88. The molecule has 1 aliphatic heterocycles. The summed E-state index contributed by atoms with van der Waals surface area (Å²) in [5.41, 5.74) is 1.07. The van der Waals surface area contributed by atoms with Gasteiger partial charge >= 0.3 is 6.18 Å². The van der Waals surface area contributed by atoms with Gasteiger partial charge < -0.3 is 14.9 Å². The molecule has 2 aromatic carbocycles. The van der Waals surface area contributed by atoms with Crippen molar-refractivity contribution in [3.63, 3.8) is 0 Å². The second kappa shape index (κ2) is 6.43. The van der Waals surface area contributed by atoms with Gasteiger partial charge in [-0.3, -0.25) is 0 Å². The van der Waals surface area contributed by atoms with E-state index in [1.54, 1.807) is 18.2 Å². The van der Waals surface area contributed by atoms with E-state index in [1.165, 1.54) is 12.1 Å². The molecule has 0 aromatic heterocycles. The highest BCUT2D eigenvalue weighted by Gasteiger charge is 2.30. The fourth-order valence-corrected chi connectivity index (χ4v) is 2.95. The molecule has 0 spiro atoms. The predicted molar refractivity (Wildman–Crippen MR) is 89.0 cm³/mol. The zero-order valence-electron chi connectivity index (χ0n) is 12.7. The molecular formula is C17H16ClF3N2O. The van der Waals surface area contributed by atoms with Gasteiger partial charge in [0.15, 0.2) is 0 Å². The lowest BCUT2D eigenvalue weighted by atomic mass is 10.1. The van der Waals surface area contributed by atoms with Crippen LogP contribution >= 0.6 is 11.6 Å². The minimum atomic E-state index is -4.31. The van der Waals surface area contributed by atoms with Crippen LogP contribution in [0.2, 0.25) is 5.02 Å². The summed E-state index contributed by atoms with van der Waals surface area (Å²) in [5.74, 6) is 0.0452. The smallest absolute Gasteiger partial charge is 0.416 e. The van der Waals surface area contributed by atoms with Gasteiger partial charge in [0.25, 0.3) is 0 Å². The molecule has 1 fully saturated rings. The number of halogens is 4. The second-order valence-electron chi connectivity index (χ2n) is 5.65. The van der Waals surface area contributed by atoms with Crippen LogP contribution in [0.3, 0.4) is 0 Å². The molecule has 3 rings (SSSR count). The van der Waals surface area contributed by atoms with Gasteiger partial charge in [0.05, 0.1) is 10.6 Å². The summed E-state index contributed by atoms with van der Waals surface area (Å²) >= 11 is 5.93. The first-order chi connectivity index (χ1) is 11.3. The van der Waals surface area contributed by atoms with Crippen LogP contribution in [0.15, 0.2) is 42.5 Å². The Morgan fingerprint density at radius 3 is 1.83 bits per heavy atom. The van der Waals surface area contributed by atoms with E-state index in [9.17, 15) is 18.3 Å². The van der Waals surface area contributed by atoms with E-state index < -0.39 is 11.7 Å². The number of benzene rings is 2. The quantitative estimate of drug-likeness (QED) is 0.864. The molecule has 1 N–H and O–H groups in total. The number of hydrogen-bond donors (Lipinski definition) is 1. The Morgan fingerprint density at radius 1 is 0.833 bits per heavy atom. The molecule has 1 saturated heterocycles. The molecule has 0 saturated carbocycles. The zero-order chi connectivity index (χ0) is 17.3. The van der Waals surface area contributed by atoms with Gasteiger partial charge in [-0.25, -0.2) is 0 Å². The second-order valence-corrected chi connectivity index (χ2v) is 6.06. The number of rotatable bonds is 2. The van der Waals surface area contributed by atoms with Gasteiger partial charge in [-0.1, -0.05) is 11.6 Å². The van der Waals surface area contributed by atoms with Crippen molar-refractivity contribution >= 4 is 23.0 Å². The van der Waals surface area contributed by atoms with Crippen LogP contribution in [-0.4, -0.2) is 31.3 Å². The average molecular weight is 357 g/mol. The first kappa shape index (κ1) is 16.8. The number of phenolic OH excluding ortho intramolecular Hbond substituents is 1. The van der Waals surface area contributed by atoms with Gasteiger partial charge in [-0.15, -0.1) is 0 Å². The molecule has 1 aliphatic rings. The van der Waals surface area contributed by atoms with E-state index in [-0.39, 0.29) is 5.75 Å². The minimum Gasteiger partial charge on any atom is -0.506 e. The van der Waals surface area contributed by atoms with Gasteiger partial charge in [-0.2, -0.15) is 13.2 Å². The van der Waals surface area contributed by atoms with Crippen LogP contribution in [0.1, 0.15) is 5.56 Å². The molecule has 0 radical (unpaired) electrons. The van der Waals surface area contributed by atoms with Crippen LogP contribution < -0.4 is 9.80 Å². The number of aromatic hydroxyl groups is 1. The normalized spacial score (nSPS) is 15.7. The molecular weight excluding hydrogens is 341 g/mol. The highest BCUT2D eigenvalue weighted by molar-refractivity contribution is 6.32. The van der Waals surface area contributed by atoms with Crippen LogP contribution in [0.5, 0.6) is 5.75 Å². The Kier molecular flexibility index (Phi) is 4.49. The standard InChI is InChI=1S/C17H16ClF3N2O/c18-15-11-14(5-6-16(15)24)23-9-7-22(8-10-23)13-3-1-12(2-4-13)17(19,20)21/h1-6,11,24H,7-10H2. The van der Waals surface area contributed by atoms with E-state index in [4.69, 9.17) is 11.6 Å². The topological polar surface area (TPSA) is 26.7 Å². The van der Waals surface area contributed by atoms with Crippen molar-refractivity contribution in [1.29, 1.82) is 0 Å². The summed E-state index contributed by atoms with van der Waals surface area (Å²) < 4.78 is 37.8. The maximum absolute atomic E-state index is 12.6. The molecule has 128 valence electrons. The van der Waals surface area contributed by atoms with Crippen LogP contribution in [0.4, 0.5) is 24.5 Å². The predicted octanol–water partition coefficient (Wildman–Crippen LogP) is 4.39. The summed E-state index contributed by atoms with van der Waals surface area (Å²) in [4.78, 5) is 4.19. The Labute approximate surface area is 142 Å².